The number of hydrogen-bond donors (Lipinski definition) is 0. The molecular weight excluding hydrogens is 238 g/mol. The van der Waals surface area contributed by atoms with E-state index in [2.05, 4.69) is 71.8 Å². The van der Waals surface area contributed by atoms with Crippen molar-refractivity contribution in [2.75, 3.05) is 0 Å². The molecule has 0 bridgehead atoms. The topological polar surface area (TPSA) is 3.88 Å². The predicted octanol–water partition coefficient (Wildman–Crippen LogP) is 4.11. The molecule has 0 fully saturated rings. The third kappa shape index (κ3) is 1.83. The highest BCUT2D eigenvalue weighted by Crippen LogP contribution is 2.24. The molecule has 0 aliphatic rings. The molecule has 18 heavy (non-hydrogen) atoms. The van der Waals surface area contributed by atoms with Crippen molar-refractivity contribution in [2.45, 2.75) is 19.9 Å². The van der Waals surface area contributed by atoms with E-state index in [0.29, 0.717) is 6.04 Å². The van der Waals surface area contributed by atoms with E-state index in [1.807, 2.05) is 0 Å². The molecule has 0 amide bonds. The second kappa shape index (κ2) is 4.54. The van der Waals surface area contributed by atoms with Crippen LogP contribution in [0.15, 0.2) is 53.4 Å². The van der Waals surface area contributed by atoms with Crippen LogP contribution in [0.1, 0.15) is 24.2 Å². The van der Waals surface area contributed by atoms with E-state index in [1.165, 1.54) is 22.0 Å². The van der Waals surface area contributed by atoms with Gasteiger partial charge in [-0.25, -0.2) is 0 Å². The van der Waals surface area contributed by atoms with Crippen LogP contribution < -0.4 is 4.57 Å². The van der Waals surface area contributed by atoms with Crippen molar-refractivity contribution in [1.82, 2.24) is 0 Å². The summed E-state index contributed by atoms with van der Waals surface area (Å²) in [4.78, 5) is 0. The largest absolute Gasteiger partial charge is 0.225 e. The van der Waals surface area contributed by atoms with Crippen LogP contribution in [0.4, 0.5) is 0 Å². The van der Waals surface area contributed by atoms with Gasteiger partial charge in [0.25, 0.3) is 0 Å². The Labute approximate surface area is 111 Å². The number of rotatable bonds is 2. The molecule has 3 aromatic rings. The highest BCUT2D eigenvalue weighted by Gasteiger charge is 2.20. The van der Waals surface area contributed by atoms with Crippen LogP contribution in [0, 0.1) is 6.92 Å². The third-order valence-corrected chi connectivity index (χ3v) is 4.34. The van der Waals surface area contributed by atoms with Crippen LogP contribution in [-0.2, 0) is 0 Å². The molecule has 0 radical (unpaired) electrons. The monoisotopic (exact) mass is 254 g/mol. The zero-order valence-electron chi connectivity index (χ0n) is 10.6. The maximum Gasteiger partial charge on any atom is 0.225 e. The first kappa shape index (κ1) is 11.4. The Hall–Kier alpha value is -1.67. The second-order valence-corrected chi connectivity index (χ2v) is 5.37. The summed E-state index contributed by atoms with van der Waals surface area (Å²) in [6.07, 6.45) is 0. The van der Waals surface area contributed by atoms with Gasteiger partial charge in [-0.1, -0.05) is 53.8 Å². The summed E-state index contributed by atoms with van der Waals surface area (Å²) >= 11 is 1.76. The maximum absolute atomic E-state index is 2.34. The Morgan fingerprint density at radius 2 is 1.83 bits per heavy atom. The Kier molecular flexibility index (Phi) is 2.88. The number of aromatic nitrogens is 1. The highest BCUT2D eigenvalue weighted by atomic mass is 32.1. The van der Waals surface area contributed by atoms with E-state index in [1.54, 1.807) is 11.3 Å². The summed E-state index contributed by atoms with van der Waals surface area (Å²) in [5.74, 6) is 0. The first-order chi connectivity index (χ1) is 8.77. The van der Waals surface area contributed by atoms with Gasteiger partial charge in [0.2, 0.25) is 5.51 Å². The standard InChI is InChI=1S/C16H16NS/c1-12-10-18-11-17(12)13(2)15-9-5-7-14-6-3-4-8-16(14)15/h3-11,13H,1-2H3/q+1/t13-/m0/s1. The maximum atomic E-state index is 2.34. The molecular formula is C16H16NS+. The van der Waals surface area contributed by atoms with E-state index < -0.39 is 0 Å². The zero-order chi connectivity index (χ0) is 12.5. The summed E-state index contributed by atoms with van der Waals surface area (Å²) in [6, 6.07) is 15.5. The fourth-order valence-corrected chi connectivity index (χ4v) is 3.36. The smallest absolute Gasteiger partial charge is 0.186 e. The van der Waals surface area contributed by atoms with Crippen LogP contribution >= 0.6 is 11.3 Å². The minimum Gasteiger partial charge on any atom is -0.186 e. The van der Waals surface area contributed by atoms with Gasteiger partial charge in [0, 0.05) is 19.4 Å². The fourth-order valence-electron chi connectivity index (χ4n) is 2.50. The first-order valence-electron chi connectivity index (χ1n) is 6.19. The summed E-state index contributed by atoms with van der Waals surface area (Å²) in [5, 5.41) is 4.86. The van der Waals surface area contributed by atoms with Gasteiger partial charge in [0.1, 0.15) is 0 Å². The second-order valence-electron chi connectivity index (χ2n) is 4.65. The summed E-state index contributed by atoms with van der Waals surface area (Å²) in [5.41, 5.74) is 4.90. The van der Waals surface area contributed by atoms with E-state index in [9.17, 15) is 0 Å². The molecule has 1 atom stereocenters. The highest BCUT2D eigenvalue weighted by molar-refractivity contribution is 7.07. The first-order valence-corrected chi connectivity index (χ1v) is 7.13. The average molecular weight is 254 g/mol. The average Bonchev–Trinajstić information content (AvgIpc) is 2.83. The Morgan fingerprint density at radius 1 is 1.06 bits per heavy atom. The Balaban J connectivity index is 2.18. The van der Waals surface area contributed by atoms with Gasteiger partial charge in [-0.2, -0.15) is 4.57 Å². The molecule has 0 aliphatic heterocycles. The quantitative estimate of drug-likeness (QED) is 0.606. The van der Waals surface area contributed by atoms with Crippen molar-refractivity contribution >= 4 is 22.1 Å². The zero-order valence-corrected chi connectivity index (χ0v) is 11.4. The minimum atomic E-state index is 0.377. The molecule has 0 aliphatic carbocycles. The van der Waals surface area contributed by atoms with Gasteiger partial charge in [0.15, 0.2) is 11.7 Å². The van der Waals surface area contributed by atoms with E-state index in [0.717, 1.165) is 0 Å². The van der Waals surface area contributed by atoms with Gasteiger partial charge in [-0.05, 0) is 10.8 Å². The number of fused-ring (bicyclic) bond motifs is 1. The van der Waals surface area contributed by atoms with E-state index >= 15 is 0 Å². The van der Waals surface area contributed by atoms with Crippen LogP contribution in [0.2, 0.25) is 0 Å². The summed E-state index contributed by atoms with van der Waals surface area (Å²) < 4.78 is 2.34. The normalized spacial score (nSPS) is 12.8. The Morgan fingerprint density at radius 3 is 2.61 bits per heavy atom. The van der Waals surface area contributed by atoms with Crippen molar-refractivity contribution in [1.29, 1.82) is 0 Å². The van der Waals surface area contributed by atoms with Crippen molar-refractivity contribution in [3.63, 3.8) is 0 Å². The lowest BCUT2D eigenvalue weighted by molar-refractivity contribution is -0.711. The number of thiazole rings is 1. The van der Waals surface area contributed by atoms with Gasteiger partial charge in [-0.15, -0.1) is 0 Å². The van der Waals surface area contributed by atoms with Gasteiger partial charge in [0.05, 0.1) is 5.38 Å². The molecule has 0 spiro atoms. The molecule has 1 aromatic heterocycles. The molecule has 0 unspecified atom stereocenters. The molecule has 0 N–H and O–H groups in total. The van der Waals surface area contributed by atoms with Crippen LogP contribution in [-0.4, -0.2) is 0 Å². The molecule has 0 saturated heterocycles. The molecule has 3 rings (SSSR count). The van der Waals surface area contributed by atoms with Crippen molar-refractivity contribution in [2.24, 2.45) is 0 Å². The van der Waals surface area contributed by atoms with Gasteiger partial charge in [-0.3, -0.25) is 0 Å². The number of hydrogen-bond acceptors (Lipinski definition) is 1. The number of benzene rings is 2. The SMILES string of the molecule is Cc1csc[n+]1[C@@H](C)c1cccc2ccccc12. The molecule has 1 nitrogen and oxygen atoms in total. The summed E-state index contributed by atoms with van der Waals surface area (Å²) in [7, 11) is 0. The van der Waals surface area contributed by atoms with Crippen molar-refractivity contribution < 1.29 is 4.57 Å². The predicted molar refractivity (Wildman–Crippen MR) is 77.0 cm³/mol. The van der Waals surface area contributed by atoms with Gasteiger partial charge >= 0.3 is 0 Å². The molecule has 2 aromatic carbocycles. The van der Waals surface area contributed by atoms with Crippen molar-refractivity contribution in [3.05, 3.63) is 64.6 Å². The molecule has 0 saturated carbocycles. The van der Waals surface area contributed by atoms with E-state index in [-0.39, 0.29) is 0 Å². The lowest BCUT2D eigenvalue weighted by Gasteiger charge is -2.10. The minimum absolute atomic E-state index is 0.377. The molecule has 90 valence electrons. The van der Waals surface area contributed by atoms with Crippen LogP contribution in [0.3, 0.4) is 0 Å². The fraction of sp³-hybridized carbons (Fsp3) is 0.188. The van der Waals surface area contributed by atoms with E-state index in [4.69, 9.17) is 0 Å². The van der Waals surface area contributed by atoms with Crippen LogP contribution in [0.25, 0.3) is 10.8 Å². The molecule has 1 heterocycles. The lowest BCUT2D eigenvalue weighted by atomic mass is 9.99. The van der Waals surface area contributed by atoms with Crippen molar-refractivity contribution in [3.8, 4) is 0 Å². The lowest BCUT2D eigenvalue weighted by Crippen LogP contribution is -2.38. The van der Waals surface area contributed by atoms with Gasteiger partial charge < -0.3 is 0 Å². The summed E-state index contributed by atoms with van der Waals surface area (Å²) in [6.45, 7) is 4.43. The van der Waals surface area contributed by atoms with Crippen LogP contribution in [0.5, 0.6) is 0 Å². The number of nitrogens with zero attached hydrogens (tertiary/aromatic N) is 1. The Bertz CT molecular complexity index is 679. The number of aryl methyl sites for hydroxylation is 1. The third-order valence-electron chi connectivity index (χ3n) is 3.51. The molecule has 2 heteroatoms.